The molecule has 2 aliphatic carbocycles. The Balaban J connectivity index is 1.68. The molecule has 38 heavy (non-hydrogen) atoms. The van der Waals surface area contributed by atoms with E-state index in [-0.39, 0.29) is 12.0 Å². The van der Waals surface area contributed by atoms with Crippen LogP contribution < -0.4 is 0 Å². The van der Waals surface area contributed by atoms with E-state index in [0.29, 0.717) is 7.14 Å². The minimum atomic E-state index is -6.57. The molecule has 0 spiro atoms. The Kier molecular flexibility index (Phi) is 7.47. The lowest BCUT2D eigenvalue weighted by Gasteiger charge is -2.39. The second-order valence-corrected chi connectivity index (χ2v) is 12.6. The van der Waals surface area contributed by atoms with Crippen LogP contribution in [0.1, 0.15) is 16.8 Å². The summed E-state index contributed by atoms with van der Waals surface area (Å²) in [5, 5.41) is 0. The van der Waals surface area contributed by atoms with Gasteiger partial charge in [-0.05, 0) is 63.7 Å². The third kappa shape index (κ3) is 4.86. The van der Waals surface area contributed by atoms with Crippen molar-refractivity contribution in [3.63, 3.8) is 0 Å². The van der Waals surface area contributed by atoms with Crippen molar-refractivity contribution < 1.29 is 67.9 Å². The first kappa shape index (κ1) is 29.6. The van der Waals surface area contributed by atoms with Crippen molar-refractivity contribution in [2.24, 2.45) is 23.7 Å². The molecular weight excluding hydrogens is 784 g/mol. The molecule has 18 heteroatoms. The topological polar surface area (TPSA) is 136 Å². The van der Waals surface area contributed by atoms with Gasteiger partial charge in [-0.2, -0.15) is 26.3 Å². The zero-order valence-corrected chi connectivity index (χ0v) is 23.3. The van der Waals surface area contributed by atoms with Gasteiger partial charge in [0.05, 0.1) is 33.3 Å². The van der Waals surface area contributed by atoms with Crippen molar-refractivity contribution in [3.05, 3.63) is 30.9 Å². The van der Waals surface area contributed by atoms with Gasteiger partial charge in [-0.3, -0.25) is 9.59 Å². The molecule has 6 atom stereocenters. The highest BCUT2D eigenvalue weighted by atomic mass is 127. The maximum absolute atomic E-state index is 13.6. The lowest BCUT2D eigenvalue weighted by Crippen LogP contribution is -2.64. The molecule has 1 heterocycles. The zero-order valence-electron chi connectivity index (χ0n) is 18.2. The Morgan fingerprint density at radius 3 is 2.24 bits per heavy atom. The van der Waals surface area contributed by atoms with Crippen LogP contribution in [0.25, 0.3) is 0 Å². The molecular formula is C20H13F6I2O9S-. The van der Waals surface area contributed by atoms with Crippen molar-refractivity contribution in [3.8, 4) is 0 Å². The molecule has 1 aliphatic heterocycles. The Hall–Kier alpha value is -1.42. The van der Waals surface area contributed by atoms with Gasteiger partial charge in [-0.15, -0.1) is 0 Å². The molecule has 1 aromatic rings. The number of carbonyl (C=O) groups is 3. The summed E-state index contributed by atoms with van der Waals surface area (Å²) in [6.07, 6.45) is -15.8. The first-order chi connectivity index (χ1) is 17.3. The van der Waals surface area contributed by atoms with Crippen LogP contribution in [0.3, 0.4) is 0 Å². The summed E-state index contributed by atoms with van der Waals surface area (Å²) < 4.78 is 131. The third-order valence-corrected chi connectivity index (χ3v) is 10.7. The summed E-state index contributed by atoms with van der Waals surface area (Å²) in [6.45, 7) is 0. The molecule has 2 bridgehead atoms. The predicted octanol–water partition coefficient (Wildman–Crippen LogP) is 3.18. The normalized spacial score (nSPS) is 28.8. The van der Waals surface area contributed by atoms with Gasteiger partial charge in [0.2, 0.25) is 0 Å². The quantitative estimate of drug-likeness (QED) is 0.140. The number of hydrogen-bond acceptors (Lipinski definition) is 9. The summed E-state index contributed by atoms with van der Waals surface area (Å²) in [4.78, 5) is 38.2. The van der Waals surface area contributed by atoms with E-state index in [1.54, 1.807) is 6.07 Å². The molecule has 210 valence electrons. The van der Waals surface area contributed by atoms with Crippen LogP contribution in [0.2, 0.25) is 0 Å². The van der Waals surface area contributed by atoms with Crippen LogP contribution in [-0.2, 0) is 33.9 Å². The number of hydrogen-bond donors (Lipinski definition) is 0. The monoisotopic (exact) mass is 797 g/mol. The van der Waals surface area contributed by atoms with Crippen LogP contribution in [0.4, 0.5) is 26.3 Å². The van der Waals surface area contributed by atoms with E-state index in [9.17, 15) is 53.7 Å². The molecule has 1 aromatic carbocycles. The number of halogens is 8. The largest absolute Gasteiger partial charge is 0.748 e. The molecule has 0 N–H and O–H groups in total. The highest BCUT2D eigenvalue weighted by molar-refractivity contribution is 14.1. The first-order valence-corrected chi connectivity index (χ1v) is 14.2. The number of ether oxygens (including phenoxy) is 3. The molecule has 2 saturated carbocycles. The van der Waals surface area contributed by atoms with E-state index < -0.39 is 87.6 Å². The van der Waals surface area contributed by atoms with Crippen LogP contribution in [0.5, 0.6) is 0 Å². The molecule has 0 amide bonds. The summed E-state index contributed by atoms with van der Waals surface area (Å²) >= 11 is 3.79. The average molecular weight is 797 g/mol. The third-order valence-electron chi connectivity index (χ3n) is 6.80. The van der Waals surface area contributed by atoms with E-state index in [4.69, 9.17) is 9.47 Å². The van der Waals surface area contributed by atoms with Gasteiger partial charge < -0.3 is 18.8 Å². The first-order valence-electron chi connectivity index (χ1n) is 10.4. The Morgan fingerprint density at radius 2 is 1.68 bits per heavy atom. The molecule has 1 saturated heterocycles. The van der Waals surface area contributed by atoms with Gasteiger partial charge in [-0.25, -0.2) is 13.2 Å². The van der Waals surface area contributed by atoms with E-state index in [0.717, 1.165) is 0 Å². The van der Waals surface area contributed by atoms with Crippen LogP contribution >= 0.6 is 45.2 Å². The highest BCUT2D eigenvalue weighted by Gasteiger charge is 2.77. The van der Waals surface area contributed by atoms with Crippen molar-refractivity contribution in [2.45, 2.75) is 36.6 Å². The van der Waals surface area contributed by atoms with Crippen molar-refractivity contribution >= 4 is 73.2 Å². The lowest BCUT2D eigenvalue weighted by molar-refractivity contribution is -0.362. The van der Waals surface area contributed by atoms with Gasteiger partial charge in [0.25, 0.3) is 0 Å². The van der Waals surface area contributed by atoms with Gasteiger partial charge >= 0.3 is 35.9 Å². The van der Waals surface area contributed by atoms with E-state index in [1.807, 2.05) is 45.2 Å². The average Bonchev–Trinajstić information content (AvgIpc) is 3.36. The SMILES string of the molecule is O=C(OC1C2CC3C1OC(=O)C3C2C(=O)OC(CS(=O)(=O)[O-])(C(F)(F)F)C(F)(F)F)c1cccc(I)c1I. The van der Waals surface area contributed by atoms with Gasteiger partial charge in [0.15, 0.2) is 0 Å². The fraction of sp³-hybridized carbons (Fsp3) is 0.550. The maximum Gasteiger partial charge on any atom is 0.438 e. The van der Waals surface area contributed by atoms with Gasteiger partial charge in [0.1, 0.15) is 12.2 Å². The van der Waals surface area contributed by atoms with Crippen molar-refractivity contribution in [1.29, 1.82) is 0 Å². The van der Waals surface area contributed by atoms with E-state index in [2.05, 4.69) is 4.74 Å². The van der Waals surface area contributed by atoms with E-state index >= 15 is 0 Å². The Bertz CT molecular complexity index is 1280. The van der Waals surface area contributed by atoms with Crippen molar-refractivity contribution in [2.75, 3.05) is 5.75 Å². The Morgan fingerprint density at radius 1 is 1.08 bits per heavy atom. The molecule has 3 aliphatic rings. The highest BCUT2D eigenvalue weighted by Crippen LogP contribution is 2.60. The summed E-state index contributed by atoms with van der Waals surface area (Å²) in [5.41, 5.74) is -5.61. The number of esters is 3. The molecule has 4 rings (SSSR count). The summed E-state index contributed by atoms with van der Waals surface area (Å²) in [5.74, 6) is -13.1. The lowest BCUT2D eigenvalue weighted by atomic mass is 9.78. The summed E-state index contributed by atoms with van der Waals surface area (Å²) in [7, 11) is -6.24. The van der Waals surface area contributed by atoms with E-state index in [1.165, 1.54) is 12.1 Å². The fourth-order valence-electron chi connectivity index (χ4n) is 5.28. The molecule has 3 fully saturated rings. The minimum Gasteiger partial charge on any atom is -0.748 e. The molecule has 6 unspecified atom stereocenters. The molecule has 0 aromatic heterocycles. The number of benzene rings is 1. The van der Waals surface area contributed by atoms with Crippen LogP contribution in [-0.4, -0.2) is 66.8 Å². The Labute approximate surface area is 236 Å². The number of alkyl halides is 6. The second-order valence-electron chi connectivity index (χ2n) is 8.93. The van der Waals surface area contributed by atoms with Gasteiger partial charge in [-0.1, -0.05) is 6.07 Å². The maximum atomic E-state index is 13.6. The molecule has 0 radical (unpaired) electrons. The minimum absolute atomic E-state index is 0.0779. The molecule has 9 nitrogen and oxygen atoms in total. The zero-order chi connectivity index (χ0) is 28.6. The van der Waals surface area contributed by atoms with Crippen LogP contribution in [0, 0.1) is 30.8 Å². The van der Waals surface area contributed by atoms with Crippen molar-refractivity contribution in [1.82, 2.24) is 0 Å². The smallest absolute Gasteiger partial charge is 0.438 e. The second kappa shape index (κ2) is 9.60. The number of carbonyl (C=O) groups excluding carboxylic acids is 3. The van der Waals surface area contributed by atoms with Crippen LogP contribution in [0.15, 0.2) is 18.2 Å². The summed E-state index contributed by atoms with van der Waals surface area (Å²) in [6, 6.07) is 4.62. The number of fused-ring (bicyclic) bond motifs is 1. The van der Waals surface area contributed by atoms with Gasteiger partial charge in [0, 0.05) is 19.0 Å². The fourth-order valence-corrected chi connectivity index (χ4v) is 7.24. The number of rotatable bonds is 6. The predicted molar refractivity (Wildman–Crippen MR) is 125 cm³/mol. The standard InChI is InChI=1S/C20H14F6I2O9S/c21-19(22,23)18(20(24,25)26,5-38(32,33)34)37-17(31)11-8-4-7-10(11)16(30)36-14(7)13(8)35-15(29)6-2-1-3-9(27)12(6)28/h1-3,7-8,10-11,13-14H,4-5H2,(H,32,33,34)/p-1.